The van der Waals surface area contributed by atoms with Gasteiger partial charge >= 0.3 is 0 Å². The van der Waals surface area contributed by atoms with Crippen LogP contribution in [-0.2, 0) is 0 Å². The predicted octanol–water partition coefficient (Wildman–Crippen LogP) is 14.6. The van der Waals surface area contributed by atoms with Crippen molar-refractivity contribution in [2.24, 2.45) is 0 Å². The maximum Gasteiger partial charge on any atom is 0.164 e. The SMILES string of the molecule is c1ccc(-c2nc(-c3ccc(-c4cccc(-c5nc6sc7ccccc7c6c6ccccc56)c4)cc3)nc(-c3ccc4c5ccccc5c5ccccc5c4c3)n2)cc1. The van der Waals surface area contributed by atoms with Crippen molar-refractivity contribution in [3.05, 3.63) is 194 Å². The molecule has 0 aliphatic carbocycles. The van der Waals surface area contributed by atoms with E-state index in [0.717, 1.165) is 49.3 Å². The first-order valence-corrected chi connectivity index (χ1v) is 20.6. The summed E-state index contributed by atoms with van der Waals surface area (Å²) >= 11 is 1.76. The smallest absolute Gasteiger partial charge is 0.164 e. The normalized spacial score (nSPS) is 11.7. The fraction of sp³-hybridized carbons (Fsp3) is 0. The van der Waals surface area contributed by atoms with Crippen LogP contribution < -0.4 is 0 Å². The average molecular weight is 769 g/mol. The molecule has 0 amide bonds. The Bertz CT molecular complexity index is 3580. The van der Waals surface area contributed by atoms with Crippen molar-refractivity contribution in [1.82, 2.24) is 19.9 Å². The zero-order valence-corrected chi connectivity index (χ0v) is 32.5. The lowest BCUT2D eigenvalue weighted by atomic mass is 9.93. The molecule has 9 aromatic carbocycles. The highest BCUT2D eigenvalue weighted by Gasteiger charge is 2.17. The van der Waals surface area contributed by atoms with Gasteiger partial charge in [0.05, 0.1) is 5.69 Å². The number of benzene rings is 9. The Morgan fingerprint density at radius 2 is 0.746 bits per heavy atom. The van der Waals surface area contributed by atoms with Gasteiger partial charge in [0.15, 0.2) is 17.5 Å². The molecule has 0 atom stereocenters. The highest BCUT2D eigenvalue weighted by Crippen LogP contribution is 2.42. The van der Waals surface area contributed by atoms with E-state index in [1.54, 1.807) is 11.3 Å². The maximum atomic E-state index is 5.31. The van der Waals surface area contributed by atoms with Gasteiger partial charge in [-0.05, 0) is 67.0 Å². The number of fused-ring (bicyclic) bond motifs is 11. The summed E-state index contributed by atoms with van der Waals surface area (Å²) in [5.74, 6) is 1.91. The van der Waals surface area contributed by atoms with Crippen LogP contribution in [0.25, 0.3) is 120 Å². The summed E-state index contributed by atoms with van der Waals surface area (Å²) in [5, 5.41) is 12.2. The molecule has 3 heterocycles. The monoisotopic (exact) mass is 768 g/mol. The van der Waals surface area contributed by atoms with E-state index in [4.69, 9.17) is 19.9 Å². The molecular formula is C54H32N4S. The molecule has 59 heavy (non-hydrogen) atoms. The molecule has 274 valence electrons. The average Bonchev–Trinajstić information content (AvgIpc) is 3.70. The minimum atomic E-state index is 0.630. The van der Waals surface area contributed by atoms with Crippen LogP contribution in [0.5, 0.6) is 0 Å². The van der Waals surface area contributed by atoms with Crippen molar-refractivity contribution in [3.8, 4) is 56.5 Å². The Kier molecular flexibility index (Phi) is 7.68. The molecule has 0 aliphatic rings. The second kappa shape index (κ2) is 13.5. The van der Waals surface area contributed by atoms with Crippen LogP contribution in [0.4, 0.5) is 0 Å². The Morgan fingerprint density at radius 1 is 0.271 bits per heavy atom. The summed E-state index contributed by atoms with van der Waals surface area (Å²) in [7, 11) is 0. The van der Waals surface area contributed by atoms with E-state index in [9.17, 15) is 0 Å². The van der Waals surface area contributed by atoms with Gasteiger partial charge in [0.1, 0.15) is 4.83 Å². The van der Waals surface area contributed by atoms with Crippen molar-refractivity contribution >= 4 is 74.7 Å². The molecule has 0 spiro atoms. The molecule has 0 aliphatic heterocycles. The summed E-state index contributed by atoms with van der Waals surface area (Å²) < 4.78 is 1.26. The first-order valence-electron chi connectivity index (χ1n) is 19.8. The second-order valence-corrected chi connectivity index (χ2v) is 16.0. The topological polar surface area (TPSA) is 51.6 Å². The van der Waals surface area contributed by atoms with Crippen LogP contribution >= 0.6 is 11.3 Å². The molecule has 0 N–H and O–H groups in total. The third-order valence-corrected chi connectivity index (χ3v) is 12.6. The minimum absolute atomic E-state index is 0.630. The summed E-state index contributed by atoms with van der Waals surface area (Å²) in [6.45, 7) is 0. The standard InChI is InChI=1S/C54H32N4S/c1-2-13-34(14-3-1)51-56-52(58-53(57-51)38-29-30-43-41-19-5-4-17-39(41)40-18-6-7-20-42(40)47(43)32-38)35-27-25-33(26-28-35)36-15-12-16-37(31-36)50-45-22-9-8-21-44(45)49-46-23-10-11-24-48(46)59-54(49)55-50/h1-32H. The maximum absolute atomic E-state index is 5.31. The van der Waals surface area contributed by atoms with E-state index in [2.05, 4.69) is 176 Å². The quantitative estimate of drug-likeness (QED) is 0.164. The summed E-state index contributed by atoms with van der Waals surface area (Å²) in [5.41, 5.74) is 7.13. The second-order valence-electron chi connectivity index (χ2n) is 15.0. The van der Waals surface area contributed by atoms with Crippen LogP contribution in [0.1, 0.15) is 0 Å². The first-order chi connectivity index (χ1) is 29.2. The number of aromatic nitrogens is 4. The van der Waals surface area contributed by atoms with Gasteiger partial charge in [-0.15, -0.1) is 11.3 Å². The van der Waals surface area contributed by atoms with Gasteiger partial charge in [0, 0.05) is 43.1 Å². The lowest BCUT2D eigenvalue weighted by Gasteiger charge is -2.13. The fourth-order valence-corrected chi connectivity index (χ4v) is 9.81. The Morgan fingerprint density at radius 3 is 1.44 bits per heavy atom. The number of hydrogen-bond acceptors (Lipinski definition) is 5. The van der Waals surface area contributed by atoms with Crippen molar-refractivity contribution in [2.45, 2.75) is 0 Å². The summed E-state index contributed by atoms with van der Waals surface area (Å²) in [6, 6.07) is 68.6. The Labute approximate surface area is 343 Å². The van der Waals surface area contributed by atoms with E-state index in [-0.39, 0.29) is 0 Å². The van der Waals surface area contributed by atoms with E-state index in [0.29, 0.717) is 17.5 Å². The van der Waals surface area contributed by atoms with E-state index in [1.807, 2.05) is 18.2 Å². The van der Waals surface area contributed by atoms with Crippen LogP contribution in [0.2, 0.25) is 0 Å². The molecule has 0 saturated heterocycles. The molecule has 3 aromatic heterocycles. The van der Waals surface area contributed by atoms with Crippen molar-refractivity contribution in [2.75, 3.05) is 0 Å². The van der Waals surface area contributed by atoms with Gasteiger partial charge in [0.25, 0.3) is 0 Å². The van der Waals surface area contributed by atoms with Gasteiger partial charge < -0.3 is 0 Å². The van der Waals surface area contributed by atoms with Crippen LogP contribution in [0, 0.1) is 0 Å². The van der Waals surface area contributed by atoms with Crippen molar-refractivity contribution < 1.29 is 0 Å². The third kappa shape index (κ3) is 5.58. The van der Waals surface area contributed by atoms with Crippen LogP contribution in [0.15, 0.2) is 194 Å². The molecule has 12 aromatic rings. The van der Waals surface area contributed by atoms with Gasteiger partial charge in [-0.2, -0.15) is 0 Å². The Hall–Kier alpha value is -7.60. The number of rotatable bonds is 5. The summed E-state index contributed by atoms with van der Waals surface area (Å²) in [4.78, 5) is 21.6. The number of hydrogen-bond donors (Lipinski definition) is 0. The molecule has 4 nitrogen and oxygen atoms in total. The molecule has 0 bridgehead atoms. The molecular weight excluding hydrogens is 737 g/mol. The van der Waals surface area contributed by atoms with Crippen molar-refractivity contribution in [1.29, 1.82) is 0 Å². The highest BCUT2D eigenvalue weighted by atomic mass is 32.1. The largest absolute Gasteiger partial charge is 0.236 e. The van der Waals surface area contributed by atoms with Gasteiger partial charge in [-0.3, -0.25) is 0 Å². The molecule has 0 unspecified atom stereocenters. The van der Waals surface area contributed by atoms with Gasteiger partial charge in [-0.25, -0.2) is 19.9 Å². The molecule has 0 fully saturated rings. The molecule has 0 saturated carbocycles. The highest BCUT2D eigenvalue weighted by molar-refractivity contribution is 7.25. The van der Waals surface area contributed by atoms with Crippen molar-refractivity contribution in [3.63, 3.8) is 0 Å². The number of pyridine rings is 1. The molecule has 12 rings (SSSR count). The van der Waals surface area contributed by atoms with Gasteiger partial charge in [-0.1, -0.05) is 176 Å². The predicted molar refractivity (Wildman–Crippen MR) is 248 cm³/mol. The van der Waals surface area contributed by atoms with E-state index < -0.39 is 0 Å². The first kappa shape index (κ1) is 33.5. The number of nitrogens with zero attached hydrogens (tertiary/aromatic N) is 4. The summed E-state index contributed by atoms with van der Waals surface area (Å²) in [6.07, 6.45) is 0. The van der Waals surface area contributed by atoms with E-state index in [1.165, 1.54) is 53.2 Å². The lowest BCUT2D eigenvalue weighted by molar-refractivity contribution is 1.07. The van der Waals surface area contributed by atoms with E-state index >= 15 is 0 Å². The van der Waals surface area contributed by atoms with Crippen LogP contribution in [-0.4, -0.2) is 19.9 Å². The lowest BCUT2D eigenvalue weighted by Crippen LogP contribution is -2.00. The minimum Gasteiger partial charge on any atom is -0.236 e. The fourth-order valence-electron chi connectivity index (χ4n) is 8.72. The van der Waals surface area contributed by atoms with Crippen LogP contribution in [0.3, 0.4) is 0 Å². The third-order valence-electron chi connectivity index (χ3n) is 11.5. The number of thiophene rings is 1. The zero-order valence-electron chi connectivity index (χ0n) is 31.7. The molecule has 5 heteroatoms. The Balaban J connectivity index is 0.954. The zero-order chi connectivity index (χ0) is 38.9. The molecule has 0 radical (unpaired) electrons. The van der Waals surface area contributed by atoms with Gasteiger partial charge in [0.2, 0.25) is 0 Å².